The van der Waals surface area contributed by atoms with E-state index in [9.17, 15) is 18.4 Å². The van der Waals surface area contributed by atoms with Crippen LogP contribution in [0.2, 0.25) is 0 Å². The Kier molecular flexibility index (Phi) is 5.19. The number of halogens is 2. The van der Waals surface area contributed by atoms with E-state index in [0.717, 1.165) is 12.1 Å². The fraction of sp³-hybridized carbons (Fsp3) is 0.133. The Morgan fingerprint density at radius 1 is 1.09 bits per heavy atom. The molecule has 1 aromatic carbocycles. The van der Waals surface area contributed by atoms with E-state index in [1.165, 1.54) is 25.5 Å². The number of aromatic nitrogens is 1. The molecule has 3 amide bonds. The van der Waals surface area contributed by atoms with Crippen LogP contribution in [0.4, 0.5) is 19.3 Å². The van der Waals surface area contributed by atoms with Crippen LogP contribution in [0.15, 0.2) is 42.7 Å². The molecule has 1 heterocycles. The van der Waals surface area contributed by atoms with Gasteiger partial charge in [-0.25, -0.2) is 13.6 Å². The predicted octanol–water partition coefficient (Wildman–Crippen LogP) is 1.97. The topological polar surface area (TPSA) is 83.1 Å². The number of nitrogens with zero attached hydrogens (tertiary/aromatic N) is 1. The maximum atomic E-state index is 13.3. The molecule has 0 spiro atoms. The van der Waals surface area contributed by atoms with Crippen molar-refractivity contribution in [3.8, 4) is 0 Å². The van der Waals surface area contributed by atoms with Gasteiger partial charge in [-0.3, -0.25) is 9.78 Å². The molecule has 0 fully saturated rings. The van der Waals surface area contributed by atoms with Gasteiger partial charge in [0.25, 0.3) is 0 Å². The van der Waals surface area contributed by atoms with Crippen LogP contribution >= 0.6 is 0 Å². The maximum absolute atomic E-state index is 13.3. The Morgan fingerprint density at radius 2 is 1.78 bits per heavy atom. The average Bonchev–Trinajstić information content (AvgIpc) is 2.55. The number of benzene rings is 1. The molecule has 23 heavy (non-hydrogen) atoms. The van der Waals surface area contributed by atoms with Crippen molar-refractivity contribution < 1.29 is 18.4 Å². The number of hydrogen-bond acceptors (Lipinski definition) is 3. The number of anilines is 1. The summed E-state index contributed by atoms with van der Waals surface area (Å²) < 4.78 is 26.4. The fourth-order valence-corrected chi connectivity index (χ4v) is 1.87. The van der Waals surface area contributed by atoms with E-state index in [-0.39, 0.29) is 5.56 Å². The molecule has 6 nitrogen and oxygen atoms in total. The molecule has 0 aliphatic heterocycles. The molecular weight excluding hydrogens is 306 g/mol. The lowest BCUT2D eigenvalue weighted by molar-refractivity contribution is -0.122. The first-order valence-electron chi connectivity index (χ1n) is 6.65. The summed E-state index contributed by atoms with van der Waals surface area (Å²) in [6, 6.07) is 4.26. The number of amides is 3. The zero-order chi connectivity index (χ0) is 16.8. The van der Waals surface area contributed by atoms with Gasteiger partial charge >= 0.3 is 6.03 Å². The molecule has 0 bridgehead atoms. The summed E-state index contributed by atoms with van der Waals surface area (Å²) in [6.45, 7) is 0. The zero-order valence-corrected chi connectivity index (χ0v) is 12.1. The number of likely N-dealkylation sites (N-methyl/N-ethyl adjacent to an activating group) is 1. The summed E-state index contributed by atoms with van der Waals surface area (Å²) in [4.78, 5) is 27.7. The Labute approximate surface area is 130 Å². The highest BCUT2D eigenvalue weighted by atomic mass is 19.2. The molecule has 1 atom stereocenters. The quantitative estimate of drug-likeness (QED) is 0.805. The van der Waals surface area contributed by atoms with Crippen LogP contribution in [0.25, 0.3) is 0 Å². The van der Waals surface area contributed by atoms with E-state index in [0.29, 0.717) is 5.69 Å². The zero-order valence-electron chi connectivity index (χ0n) is 12.1. The predicted molar refractivity (Wildman–Crippen MR) is 79.6 cm³/mol. The molecule has 0 saturated heterocycles. The van der Waals surface area contributed by atoms with Gasteiger partial charge in [-0.05, 0) is 29.8 Å². The summed E-state index contributed by atoms with van der Waals surface area (Å²) in [7, 11) is 1.37. The van der Waals surface area contributed by atoms with Gasteiger partial charge in [0.1, 0.15) is 6.04 Å². The highest BCUT2D eigenvalue weighted by molar-refractivity contribution is 5.94. The SMILES string of the molecule is CNC(=O)C(NC(=O)Nc1ccncc1)c1ccc(F)c(F)c1. The van der Waals surface area contributed by atoms with E-state index in [1.54, 1.807) is 12.1 Å². The van der Waals surface area contributed by atoms with E-state index in [4.69, 9.17) is 0 Å². The molecule has 8 heteroatoms. The van der Waals surface area contributed by atoms with E-state index >= 15 is 0 Å². The number of carbonyl (C=O) groups is 2. The number of pyridine rings is 1. The Bertz CT molecular complexity index is 710. The van der Waals surface area contributed by atoms with Crippen molar-refractivity contribution >= 4 is 17.6 Å². The molecule has 1 unspecified atom stereocenters. The van der Waals surface area contributed by atoms with E-state index < -0.39 is 29.6 Å². The van der Waals surface area contributed by atoms with Gasteiger partial charge in [0.2, 0.25) is 5.91 Å². The molecule has 0 radical (unpaired) electrons. The minimum Gasteiger partial charge on any atom is -0.357 e. The van der Waals surface area contributed by atoms with Gasteiger partial charge in [-0.1, -0.05) is 6.07 Å². The third kappa shape index (κ3) is 4.22. The number of urea groups is 1. The van der Waals surface area contributed by atoms with Gasteiger partial charge in [0.15, 0.2) is 11.6 Å². The first-order chi connectivity index (χ1) is 11.0. The third-order valence-corrected chi connectivity index (χ3v) is 3.00. The molecule has 3 N–H and O–H groups in total. The smallest absolute Gasteiger partial charge is 0.320 e. The van der Waals surface area contributed by atoms with Gasteiger partial charge < -0.3 is 16.0 Å². The molecule has 0 aliphatic carbocycles. The van der Waals surface area contributed by atoms with Crippen molar-refractivity contribution in [3.63, 3.8) is 0 Å². The molecule has 2 aromatic rings. The second-order valence-corrected chi connectivity index (χ2v) is 4.56. The van der Waals surface area contributed by atoms with Crippen LogP contribution in [0.3, 0.4) is 0 Å². The normalized spacial score (nSPS) is 11.4. The van der Waals surface area contributed by atoms with Gasteiger partial charge in [0.05, 0.1) is 0 Å². The summed E-state index contributed by atoms with van der Waals surface area (Å²) in [6.07, 6.45) is 2.97. The highest BCUT2D eigenvalue weighted by Crippen LogP contribution is 2.17. The molecular formula is C15H14F2N4O2. The lowest BCUT2D eigenvalue weighted by Crippen LogP contribution is -2.41. The molecule has 1 aromatic heterocycles. The van der Waals surface area contributed by atoms with E-state index in [2.05, 4.69) is 20.9 Å². The summed E-state index contributed by atoms with van der Waals surface area (Å²) >= 11 is 0. The molecule has 2 rings (SSSR count). The van der Waals surface area contributed by atoms with Gasteiger partial charge in [0, 0.05) is 25.1 Å². The molecule has 0 saturated carbocycles. The van der Waals surface area contributed by atoms with Gasteiger partial charge in [-0.15, -0.1) is 0 Å². The van der Waals surface area contributed by atoms with Crippen LogP contribution in [-0.4, -0.2) is 24.0 Å². The standard InChI is InChI=1S/C15H14F2N4O2/c1-18-14(22)13(9-2-3-11(16)12(17)8-9)21-15(23)20-10-4-6-19-7-5-10/h2-8,13H,1H3,(H,18,22)(H2,19,20,21,23). The fourth-order valence-electron chi connectivity index (χ4n) is 1.87. The third-order valence-electron chi connectivity index (χ3n) is 3.00. The van der Waals surface area contributed by atoms with Crippen LogP contribution < -0.4 is 16.0 Å². The lowest BCUT2D eigenvalue weighted by Gasteiger charge is -2.18. The second kappa shape index (κ2) is 7.30. The van der Waals surface area contributed by atoms with Crippen LogP contribution in [0.5, 0.6) is 0 Å². The van der Waals surface area contributed by atoms with E-state index in [1.807, 2.05) is 0 Å². The number of rotatable bonds is 4. The first kappa shape index (κ1) is 16.3. The van der Waals surface area contributed by atoms with Crippen LogP contribution in [0.1, 0.15) is 11.6 Å². The van der Waals surface area contributed by atoms with Crippen molar-refractivity contribution in [2.75, 3.05) is 12.4 Å². The van der Waals surface area contributed by atoms with Gasteiger partial charge in [-0.2, -0.15) is 0 Å². The number of hydrogen-bond donors (Lipinski definition) is 3. The average molecular weight is 320 g/mol. The number of carbonyl (C=O) groups excluding carboxylic acids is 2. The Balaban J connectivity index is 2.17. The van der Waals surface area contributed by atoms with Crippen molar-refractivity contribution in [3.05, 3.63) is 59.9 Å². The lowest BCUT2D eigenvalue weighted by atomic mass is 10.1. The minimum absolute atomic E-state index is 0.119. The van der Waals surface area contributed by atoms with Crippen molar-refractivity contribution in [2.24, 2.45) is 0 Å². The molecule has 0 aliphatic rings. The summed E-state index contributed by atoms with van der Waals surface area (Å²) in [5.74, 6) is -2.71. The van der Waals surface area contributed by atoms with Crippen molar-refractivity contribution in [1.29, 1.82) is 0 Å². The Morgan fingerprint density at radius 3 is 2.39 bits per heavy atom. The largest absolute Gasteiger partial charge is 0.357 e. The van der Waals surface area contributed by atoms with Crippen molar-refractivity contribution in [1.82, 2.24) is 15.6 Å². The number of nitrogens with one attached hydrogen (secondary N) is 3. The van der Waals surface area contributed by atoms with Crippen LogP contribution in [0, 0.1) is 11.6 Å². The van der Waals surface area contributed by atoms with Crippen molar-refractivity contribution in [2.45, 2.75) is 6.04 Å². The minimum atomic E-state index is -1.17. The molecule has 120 valence electrons. The summed E-state index contributed by atoms with van der Waals surface area (Å²) in [5.41, 5.74) is 0.589. The Hall–Kier alpha value is -3.03. The second-order valence-electron chi connectivity index (χ2n) is 4.56. The monoisotopic (exact) mass is 320 g/mol. The first-order valence-corrected chi connectivity index (χ1v) is 6.65. The maximum Gasteiger partial charge on any atom is 0.320 e. The summed E-state index contributed by atoms with van der Waals surface area (Å²) in [5, 5.41) is 7.28. The highest BCUT2D eigenvalue weighted by Gasteiger charge is 2.23. The van der Waals surface area contributed by atoms with Crippen LogP contribution in [-0.2, 0) is 4.79 Å².